The third kappa shape index (κ3) is 4.06. The first-order chi connectivity index (χ1) is 12.6. The van der Waals surface area contributed by atoms with Crippen LogP contribution in [0.5, 0.6) is 0 Å². The van der Waals surface area contributed by atoms with Crippen LogP contribution in [0.4, 0.5) is 0 Å². The van der Waals surface area contributed by atoms with Crippen molar-refractivity contribution in [3.05, 3.63) is 108 Å². The summed E-state index contributed by atoms with van der Waals surface area (Å²) < 4.78 is 0. The molecule has 0 aliphatic heterocycles. The van der Waals surface area contributed by atoms with Crippen LogP contribution in [-0.2, 0) is 5.54 Å². The Morgan fingerprint density at radius 3 is 1.73 bits per heavy atom. The summed E-state index contributed by atoms with van der Waals surface area (Å²) in [5, 5.41) is 3.07. The van der Waals surface area contributed by atoms with Gasteiger partial charge in [-0.25, -0.2) is 0 Å². The predicted molar refractivity (Wildman–Crippen MR) is 103 cm³/mol. The fourth-order valence-electron chi connectivity index (χ4n) is 2.98. The van der Waals surface area contributed by atoms with Gasteiger partial charge in [0, 0.05) is 17.5 Å². The van der Waals surface area contributed by atoms with Gasteiger partial charge >= 0.3 is 0 Å². The summed E-state index contributed by atoms with van der Waals surface area (Å²) in [6, 6.07) is 27.8. The lowest BCUT2D eigenvalue weighted by Crippen LogP contribution is -2.45. The van der Waals surface area contributed by atoms with Gasteiger partial charge in [0.2, 0.25) is 0 Å². The van der Waals surface area contributed by atoms with Crippen LogP contribution in [0.15, 0.2) is 91.0 Å². The number of nitrogens with one attached hydrogen (secondary N) is 1. The zero-order valence-corrected chi connectivity index (χ0v) is 14.7. The molecule has 130 valence electrons. The van der Waals surface area contributed by atoms with Crippen molar-refractivity contribution in [2.75, 3.05) is 0 Å². The molecular weight excluding hydrogens is 322 g/mol. The molecule has 3 heteroatoms. The van der Waals surface area contributed by atoms with Crippen molar-refractivity contribution in [3.63, 3.8) is 0 Å². The third-order valence-corrected chi connectivity index (χ3v) is 4.45. The van der Waals surface area contributed by atoms with Crippen molar-refractivity contribution in [3.8, 4) is 0 Å². The first-order valence-corrected chi connectivity index (χ1v) is 8.60. The molecule has 0 saturated carbocycles. The molecule has 1 amide bonds. The van der Waals surface area contributed by atoms with Gasteiger partial charge in [0.25, 0.3) is 5.91 Å². The molecule has 3 aromatic rings. The van der Waals surface area contributed by atoms with E-state index in [-0.39, 0.29) is 18.1 Å². The van der Waals surface area contributed by atoms with Crippen LogP contribution in [0.1, 0.15) is 39.6 Å². The maximum atomic E-state index is 12.8. The van der Waals surface area contributed by atoms with E-state index >= 15 is 0 Å². The van der Waals surface area contributed by atoms with Gasteiger partial charge in [-0.2, -0.15) is 0 Å². The average Bonchev–Trinajstić information content (AvgIpc) is 2.70. The molecule has 0 aliphatic carbocycles. The summed E-state index contributed by atoms with van der Waals surface area (Å²) in [7, 11) is 0. The van der Waals surface area contributed by atoms with Crippen molar-refractivity contribution < 1.29 is 9.59 Å². The molecule has 1 unspecified atom stereocenters. The van der Waals surface area contributed by atoms with E-state index in [1.54, 1.807) is 24.3 Å². The van der Waals surface area contributed by atoms with Crippen LogP contribution in [0.25, 0.3) is 0 Å². The van der Waals surface area contributed by atoms with Gasteiger partial charge in [-0.15, -0.1) is 0 Å². The normalized spacial score (nSPS) is 12.8. The SMILES string of the molecule is CC(CC(=O)c1ccccc1)(NC(=O)c1ccccc1)c1ccccc1. The Morgan fingerprint density at radius 2 is 1.19 bits per heavy atom. The van der Waals surface area contributed by atoms with E-state index in [0.29, 0.717) is 11.1 Å². The fraction of sp³-hybridized carbons (Fsp3) is 0.130. The molecule has 0 aromatic heterocycles. The van der Waals surface area contributed by atoms with Crippen molar-refractivity contribution in [2.45, 2.75) is 18.9 Å². The minimum Gasteiger partial charge on any atom is -0.342 e. The number of ketones is 1. The lowest BCUT2D eigenvalue weighted by atomic mass is 9.85. The molecule has 0 radical (unpaired) electrons. The van der Waals surface area contributed by atoms with Crippen LogP contribution in [0, 0.1) is 0 Å². The molecule has 3 nitrogen and oxygen atoms in total. The standard InChI is InChI=1S/C23H21NO2/c1-23(20-15-9-4-10-16-20,17-21(25)18-11-5-2-6-12-18)24-22(26)19-13-7-3-8-14-19/h2-16H,17H2,1H3,(H,24,26). The molecule has 0 saturated heterocycles. The number of amides is 1. The van der Waals surface area contributed by atoms with E-state index in [2.05, 4.69) is 5.32 Å². The highest BCUT2D eigenvalue weighted by atomic mass is 16.2. The molecule has 0 bridgehead atoms. The van der Waals surface area contributed by atoms with Crippen molar-refractivity contribution in [1.29, 1.82) is 0 Å². The number of hydrogen-bond acceptors (Lipinski definition) is 2. The quantitative estimate of drug-likeness (QED) is 0.665. The van der Waals surface area contributed by atoms with Gasteiger partial charge in [0.1, 0.15) is 0 Å². The molecule has 0 aliphatic rings. The van der Waals surface area contributed by atoms with E-state index in [1.165, 1.54) is 0 Å². The summed E-state index contributed by atoms with van der Waals surface area (Å²) in [6.45, 7) is 1.89. The van der Waals surface area contributed by atoms with Crippen LogP contribution in [-0.4, -0.2) is 11.7 Å². The van der Waals surface area contributed by atoms with E-state index < -0.39 is 5.54 Å². The van der Waals surface area contributed by atoms with Crippen LogP contribution in [0.3, 0.4) is 0 Å². The van der Waals surface area contributed by atoms with E-state index in [0.717, 1.165) is 5.56 Å². The van der Waals surface area contributed by atoms with Crippen molar-refractivity contribution >= 4 is 11.7 Å². The second-order valence-electron chi connectivity index (χ2n) is 6.48. The molecule has 26 heavy (non-hydrogen) atoms. The van der Waals surface area contributed by atoms with E-state index in [4.69, 9.17) is 0 Å². The summed E-state index contributed by atoms with van der Waals surface area (Å²) >= 11 is 0. The van der Waals surface area contributed by atoms with Crippen molar-refractivity contribution in [2.24, 2.45) is 0 Å². The zero-order chi connectivity index (χ0) is 18.4. The van der Waals surface area contributed by atoms with Crippen molar-refractivity contribution in [1.82, 2.24) is 5.32 Å². The Hall–Kier alpha value is -3.20. The average molecular weight is 343 g/mol. The Bertz CT molecular complexity index is 820. The lowest BCUT2D eigenvalue weighted by Gasteiger charge is -2.31. The number of rotatable bonds is 6. The zero-order valence-electron chi connectivity index (χ0n) is 14.7. The van der Waals surface area contributed by atoms with Gasteiger partial charge in [-0.05, 0) is 24.6 Å². The second-order valence-corrected chi connectivity index (χ2v) is 6.48. The maximum absolute atomic E-state index is 12.8. The largest absolute Gasteiger partial charge is 0.342 e. The van der Waals surface area contributed by atoms with Gasteiger partial charge in [0.05, 0.1) is 5.54 Å². The van der Waals surface area contributed by atoms with Crippen LogP contribution in [0.2, 0.25) is 0 Å². The van der Waals surface area contributed by atoms with E-state index in [1.807, 2.05) is 73.7 Å². The molecule has 3 rings (SSSR count). The number of benzene rings is 3. The second kappa shape index (κ2) is 7.79. The Labute approximate surface area is 153 Å². The van der Waals surface area contributed by atoms with Crippen LogP contribution < -0.4 is 5.32 Å². The summed E-state index contributed by atoms with van der Waals surface area (Å²) in [4.78, 5) is 25.5. The predicted octanol–water partition coefficient (Wildman–Crippen LogP) is 4.60. The van der Waals surface area contributed by atoms with Crippen LogP contribution >= 0.6 is 0 Å². The molecule has 0 fully saturated rings. The van der Waals surface area contributed by atoms with Gasteiger partial charge in [-0.3, -0.25) is 9.59 Å². The molecule has 0 heterocycles. The molecule has 1 N–H and O–H groups in total. The maximum Gasteiger partial charge on any atom is 0.251 e. The number of Topliss-reactive ketones (excluding diaryl/α,β-unsaturated/α-hetero) is 1. The fourth-order valence-corrected chi connectivity index (χ4v) is 2.98. The van der Waals surface area contributed by atoms with Gasteiger partial charge < -0.3 is 5.32 Å². The minimum atomic E-state index is -0.804. The Morgan fingerprint density at radius 1 is 0.731 bits per heavy atom. The number of carbonyl (C=O) groups excluding carboxylic acids is 2. The van der Waals surface area contributed by atoms with E-state index in [9.17, 15) is 9.59 Å². The van der Waals surface area contributed by atoms with Gasteiger partial charge in [0.15, 0.2) is 5.78 Å². The number of carbonyl (C=O) groups is 2. The first kappa shape index (κ1) is 17.6. The molecule has 1 atom stereocenters. The lowest BCUT2D eigenvalue weighted by molar-refractivity contribution is 0.0862. The third-order valence-electron chi connectivity index (χ3n) is 4.45. The Balaban J connectivity index is 1.90. The highest BCUT2D eigenvalue weighted by Crippen LogP contribution is 2.27. The monoisotopic (exact) mass is 343 g/mol. The highest BCUT2D eigenvalue weighted by molar-refractivity contribution is 5.98. The first-order valence-electron chi connectivity index (χ1n) is 8.60. The summed E-state index contributed by atoms with van der Waals surface area (Å²) in [5.74, 6) is -0.205. The molecule has 0 spiro atoms. The molecular formula is C23H21NO2. The minimum absolute atomic E-state index is 0.00897. The number of hydrogen-bond donors (Lipinski definition) is 1. The summed E-state index contributed by atoms with van der Waals surface area (Å²) in [5.41, 5.74) is 1.31. The summed E-state index contributed by atoms with van der Waals surface area (Å²) in [6.07, 6.45) is 0.180. The van der Waals surface area contributed by atoms with Gasteiger partial charge in [-0.1, -0.05) is 78.9 Å². The topological polar surface area (TPSA) is 46.2 Å². The smallest absolute Gasteiger partial charge is 0.251 e. The highest BCUT2D eigenvalue weighted by Gasteiger charge is 2.32. The molecule has 3 aromatic carbocycles. The Kier molecular flexibility index (Phi) is 5.28.